The Kier molecular flexibility index (Phi) is 28.8. The number of unbranched alkanes of at least 4 members (excludes halogenated alkanes) is 19. The van der Waals surface area contributed by atoms with E-state index in [2.05, 4.69) is 26.0 Å². The second kappa shape index (κ2) is 30.8. The van der Waals surface area contributed by atoms with E-state index in [1.54, 1.807) is 0 Å². The lowest BCUT2D eigenvalue weighted by Gasteiger charge is -2.41. The van der Waals surface area contributed by atoms with Crippen LogP contribution in [0.15, 0.2) is 12.2 Å². The third-order valence-corrected chi connectivity index (χ3v) is 10.6. The average molecular weight is 781 g/mol. The van der Waals surface area contributed by atoms with Crippen LogP contribution in [0, 0.1) is 0 Å². The van der Waals surface area contributed by atoms with Crippen LogP contribution in [-0.2, 0) is 32.7 Å². The monoisotopic (exact) mass is 780 g/mol. The van der Waals surface area contributed by atoms with Crippen LogP contribution in [0.1, 0.15) is 168 Å². The van der Waals surface area contributed by atoms with Crippen molar-refractivity contribution in [1.29, 1.82) is 0 Å². The van der Waals surface area contributed by atoms with Gasteiger partial charge in [-0.1, -0.05) is 135 Å². The first-order valence-electron chi connectivity index (χ1n) is 20.5. The van der Waals surface area contributed by atoms with Crippen LogP contribution in [0.25, 0.3) is 0 Å². The van der Waals surface area contributed by atoms with Crippen molar-refractivity contribution in [1.82, 2.24) is 0 Å². The molecule has 8 atom stereocenters. The molecule has 53 heavy (non-hydrogen) atoms. The molecule has 14 heteroatoms. The van der Waals surface area contributed by atoms with Crippen molar-refractivity contribution >= 4 is 19.8 Å². The minimum absolute atomic E-state index is 0.0998. The van der Waals surface area contributed by atoms with Gasteiger partial charge in [-0.05, 0) is 32.1 Å². The Hall–Kier alpha value is -1.41. The van der Waals surface area contributed by atoms with Gasteiger partial charge in [0.25, 0.3) is 0 Å². The highest BCUT2D eigenvalue weighted by atomic mass is 31.2. The summed E-state index contributed by atoms with van der Waals surface area (Å²) in [5.41, 5.74) is 0. The molecule has 6 N–H and O–H groups in total. The van der Waals surface area contributed by atoms with Crippen LogP contribution in [0.4, 0.5) is 0 Å². The molecule has 0 aromatic carbocycles. The minimum atomic E-state index is -5.10. The van der Waals surface area contributed by atoms with Gasteiger partial charge in [0.2, 0.25) is 0 Å². The van der Waals surface area contributed by atoms with Crippen molar-refractivity contribution in [3.05, 3.63) is 12.2 Å². The Morgan fingerprint density at radius 2 is 0.981 bits per heavy atom. The number of esters is 2. The SMILES string of the molecule is CCCC/C=C/CCCCCCCCCCCC(=O)OC[C@@H](COP(=O)(O)OC1C(O)C(O)C(O)[C@H](O)C1O)OC(=O)CCCCCCCCCCC. The molecule has 6 unspecified atom stereocenters. The summed E-state index contributed by atoms with van der Waals surface area (Å²) < 4.78 is 33.3. The molecule has 1 aliphatic carbocycles. The van der Waals surface area contributed by atoms with Crippen molar-refractivity contribution < 1.29 is 63.1 Å². The molecule has 312 valence electrons. The van der Waals surface area contributed by atoms with E-state index in [0.29, 0.717) is 12.8 Å². The molecule has 1 fully saturated rings. The van der Waals surface area contributed by atoms with Crippen LogP contribution in [0.2, 0.25) is 0 Å². The topological polar surface area (TPSA) is 210 Å². The summed E-state index contributed by atoms with van der Waals surface area (Å²) in [4.78, 5) is 35.4. The zero-order valence-electron chi connectivity index (χ0n) is 32.6. The predicted octanol–water partition coefficient (Wildman–Crippen LogP) is 6.72. The lowest BCUT2D eigenvalue weighted by molar-refractivity contribution is -0.220. The van der Waals surface area contributed by atoms with E-state index in [4.69, 9.17) is 18.5 Å². The fraction of sp³-hybridized carbons (Fsp3) is 0.897. The first kappa shape index (κ1) is 49.6. The van der Waals surface area contributed by atoms with Crippen LogP contribution in [0.3, 0.4) is 0 Å². The molecule has 0 spiro atoms. The quantitative estimate of drug-likeness (QED) is 0.0177. The number of allylic oxidation sites excluding steroid dienone is 2. The number of hydrogen-bond acceptors (Lipinski definition) is 12. The summed E-state index contributed by atoms with van der Waals surface area (Å²) in [6.45, 7) is 3.22. The molecule has 13 nitrogen and oxygen atoms in total. The predicted molar refractivity (Wildman–Crippen MR) is 203 cm³/mol. The van der Waals surface area contributed by atoms with E-state index in [1.807, 2.05) is 0 Å². The first-order valence-corrected chi connectivity index (χ1v) is 22.0. The Morgan fingerprint density at radius 3 is 1.49 bits per heavy atom. The summed E-state index contributed by atoms with van der Waals surface area (Å²) in [6, 6.07) is 0. The Balaban J connectivity index is 2.48. The smallest absolute Gasteiger partial charge is 0.462 e. The maximum Gasteiger partial charge on any atom is 0.472 e. The Labute approximate surface area is 318 Å². The lowest BCUT2D eigenvalue weighted by atomic mass is 9.85. The molecule has 0 aliphatic heterocycles. The summed E-state index contributed by atoms with van der Waals surface area (Å²) in [7, 11) is -5.10. The molecule has 0 saturated heterocycles. The average Bonchev–Trinajstić information content (AvgIpc) is 3.13. The highest BCUT2D eigenvalue weighted by molar-refractivity contribution is 7.47. The van der Waals surface area contributed by atoms with E-state index in [0.717, 1.165) is 51.4 Å². The van der Waals surface area contributed by atoms with Crippen molar-refractivity contribution in [2.24, 2.45) is 0 Å². The van der Waals surface area contributed by atoms with E-state index in [-0.39, 0.29) is 12.8 Å². The van der Waals surface area contributed by atoms with Gasteiger partial charge < -0.3 is 39.9 Å². The van der Waals surface area contributed by atoms with Crippen LogP contribution in [-0.4, -0.2) is 98.3 Å². The zero-order chi connectivity index (χ0) is 39.3. The van der Waals surface area contributed by atoms with Crippen LogP contribution < -0.4 is 0 Å². The largest absolute Gasteiger partial charge is 0.472 e. The summed E-state index contributed by atoms with van der Waals surface area (Å²) in [6.07, 6.45) is 15.8. The van der Waals surface area contributed by atoms with E-state index < -0.39 is 75.7 Å². The van der Waals surface area contributed by atoms with Gasteiger partial charge in [0.05, 0.1) is 6.61 Å². The first-order chi connectivity index (χ1) is 25.4. The van der Waals surface area contributed by atoms with Gasteiger partial charge in [-0.15, -0.1) is 0 Å². The molecule has 0 aromatic heterocycles. The number of hydrogen-bond donors (Lipinski definition) is 6. The van der Waals surface area contributed by atoms with Crippen molar-refractivity contribution in [3.8, 4) is 0 Å². The van der Waals surface area contributed by atoms with Crippen molar-refractivity contribution in [2.75, 3.05) is 13.2 Å². The fourth-order valence-electron chi connectivity index (χ4n) is 6.21. The molecule has 0 amide bonds. The van der Waals surface area contributed by atoms with E-state index in [1.165, 1.54) is 77.0 Å². The number of carbonyl (C=O) groups excluding carboxylic acids is 2. The summed E-state index contributed by atoms with van der Waals surface area (Å²) in [5.74, 6) is -1.10. The van der Waals surface area contributed by atoms with Gasteiger partial charge in [-0.25, -0.2) is 4.57 Å². The normalized spacial score (nSPS) is 23.5. The van der Waals surface area contributed by atoms with Gasteiger partial charge >= 0.3 is 19.8 Å². The molecule has 0 heterocycles. The second-order valence-corrected chi connectivity index (χ2v) is 15.9. The van der Waals surface area contributed by atoms with E-state index >= 15 is 0 Å². The molecule has 1 aliphatic rings. The Bertz CT molecular complexity index is 996. The summed E-state index contributed by atoms with van der Waals surface area (Å²) >= 11 is 0. The number of carbonyl (C=O) groups is 2. The molecule has 0 bridgehead atoms. The van der Waals surface area contributed by atoms with Gasteiger partial charge in [0.1, 0.15) is 43.2 Å². The fourth-order valence-corrected chi connectivity index (χ4v) is 7.18. The summed E-state index contributed by atoms with van der Waals surface area (Å²) in [5, 5.41) is 49.9. The Morgan fingerprint density at radius 1 is 0.566 bits per heavy atom. The van der Waals surface area contributed by atoms with Gasteiger partial charge in [0, 0.05) is 12.8 Å². The highest BCUT2D eigenvalue weighted by Crippen LogP contribution is 2.47. The number of phosphoric acid groups is 1. The number of ether oxygens (including phenoxy) is 2. The maximum atomic E-state index is 12.7. The highest BCUT2D eigenvalue weighted by Gasteiger charge is 2.51. The lowest BCUT2D eigenvalue weighted by Crippen LogP contribution is -2.64. The molecular weight excluding hydrogens is 707 g/mol. The van der Waals surface area contributed by atoms with Gasteiger partial charge in [0.15, 0.2) is 6.10 Å². The molecular formula is C39H73O13P. The second-order valence-electron chi connectivity index (χ2n) is 14.5. The van der Waals surface area contributed by atoms with Crippen LogP contribution >= 0.6 is 7.82 Å². The molecule has 0 radical (unpaired) electrons. The maximum absolute atomic E-state index is 12.7. The third kappa shape index (κ3) is 24.0. The molecule has 1 saturated carbocycles. The van der Waals surface area contributed by atoms with Crippen LogP contribution in [0.5, 0.6) is 0 Å². The standard InChI is InChI=1S/C39H73O13P/c1-3-5-7-9-11-13-14-15-16-17-18-20-21-23-25-27-32(40)49-29-31(51-33(41)28-26-24-22-19-12-10-8-6-4-2)30-50-53(47,48)52-39-37(45)35(43)34(42)36(44)38(39)46/h9,11,31,34-39,42-46H,3-8,10,12-30H2,1-2H3,(H,47,48)/b11-9+/t31-,34?,35-,36?,37?,38?,39?/m0/s1. The zero-order valence-corrected chi connectivity index (χ0v) is 33.5. The van der Waals surface area contributed by atoms with Crippen molar-refractivity contribution in [3.63, 3.8) is 0 Å². The van der Waals surface area contributed by atoms with Gasteiger partial charge in [-0.2, -0.15) is 0 Å². The third-order valence-electron chi connectivity index (χ3n) is 9.61. The molecule has 0 aromatic rings. The van der Waals surface area contributed by atoms with E-state index in [9.17, 15) is 44.6 Å². The molecule has 1 rings (SSSR count). The minimum Gasteiger partial charge on any atom is -0.462 e. The number of phosphoric ester groups is 1. The number of rotatable bonds is 33. The number of aliphatic hydroxyl groups excluding tert-OH is 5. The van der Waals surface area contributed by atoms with Gasteiger partial charge in [-0.3, -0.25) is 18.6 Å². The number of aliphatic hydroxyl groups is 5. The van der Waals surface area contributed by atoms with Crippen molar-refractivity contribution in [2.45, 2.75) is 211 Å².